The Bertz CT molecular complexity index is 1170. The van der Waals surface area contributed by atoms with Crippen LogP contribution in [0.3, 0.4) is 0 Å². The molecule has 2 unspecified atom stereocenters. The van der Waals surface area contributed by atoms with Crippen LogP contribution in [-0.2, 0) is 21.1 Å². The molecule has 0 radical (unpaired) electrons. The Hall–Kier alpha value is -3.36. The van der Waals surface area contributed by atoms with Gasteiger partial charge in [-0.2, -0.15) is 0 Å². The van der Waals surface area contributed by atoms with Crippen LogP contribution in [0.4, 0.5) is 0 Å². The molecule has 0 bridgehead atoms. The topological polar surface area (TPSA) is 102 Å². The number of methoxy groups -OCH3 is 1. The van der Waals surface area contributed by atoms with Crippen LogP contribution in [0.5, 0.6) is 11.5 Å². The van der Waals surface area contributed by atoms with Gasteiger partial charge in [0.15, 0.2) is 9.84 Å². The molecule has 8 heteroatoms. The van der Waals surface area contributed by atoms with Crippen molar-refractivity contribution >= 4 is 15.7 Å². The molecule has 1 amide bonds. The first-order valence-electron chi connectivity index (χ1n) is 12.0. The molecular formula is C28H33NO6S. The number of sulfone groups is 1. The number of rotatable bonds is 14. The van der Waals surface area contributed by atoms with Crippen molar-refractivity contribution in [3.63, 3.8) is 0 Å². The molecule has 0 saturated heterocycles. The number of nitrogens with one attached hydrogen (secondary N) is 1. The van der Waals surface area contributed by atoms with Crippen molar-refractivity contribution in [2.24, 2.45) is 5.92 Å². The van der Waals surface area contributed by atoms with Gasteiger partial charge in [0.25, 0.3) is 0 Å². The monoisotopic (exact) mass is 511 g/mol. The number of ether oxygens (including phenoxy) is 2. The number of para-hydroxylation sites is 1. The molecule has 36 heavy (non-hydrogen) atoms. The maximum Gasteiger partial charge on any atom is 0.247 e. The first-order chi connectivity index (χ1) is 17.5. The minimum absolute atomic E-state index is 0.107. The van der Waals surface area contributed by atoms with E-state index >= 15 is 0 Å². The third kappa shape index (κ3) is 7.57. The van der Waals surface area contributed by atoms with E-state index in [1.165, 1.54) is 24.8 Å². The summed E-state index contributed by atoms with van der Waals surface area (Å²) < 4.78 is 38.4. The third-order valence-electron chi connectivity index (χ3n) is 6.17. The van der Waals surface area contributed by atoms with Gasteiger partial charge in [-0.05, 0) is 67.6 Å². The lowest BCUT2D eigenvalue weighted by Crippen LogP contribution is -2.41. The minimum Gasteiger partial charge on any atom is -0.497 e. The fourth-order valence-electron chi connectivity index (χ4n) is 4.22. The highest BCUT2D eigenvalue weighted by molar-refractivity contribution is 7.92. The second-order valence-electron chi connectivity index (χ2n) is 8.52. The largest absolute Gasteiger partial charge is 0.497 e. The molecule has 192 valence electrons. The maximum absolute atomic E-state index is 13.7. The molecule has 0 aliphatic rings. The number of unbranched alkanes of at least 4 members (excludes halogenated alkanes) is 1. The lowest BCUT2D eigenvalue weighted by Gasteiger charge is -2.26. The van der Waals surface area contributed by atoms with E-state index in [1.807, 2.05) is 48.5 Å². The van der Waals surface area contributed by atoms with Gasteiger partial charge < -0.3 is 9.47 Å². The average molecular weight is 512 g/mol. The Morgan fingerprint density at radius 1 is 0.861 bits per heavy atom. The first-order valence-corrected chi connectivity index (χ1v) is 13.5. The Balaban J connectivity index is 1.80. The zero-order valence-electron chi connectivity index (χ0n) is 20.4. The van der Waals surface area contributed by atoms with Crippen LogP contribution < -0.4 is 15.0 Å². The molecule has 7 nitrogen and oxygen atoms in total. The number of hydroxylamine groups is 1. The minimum atomic E-state index is -3.90. The molecule has 0 saturated carbocycles. The number of carbonyl (C=O) groups is 1. The quantitative estimate of drug-likeness (QED) is 0.182. The first kappa shape index (κ1) is 27.2. The van der Waals surface area contributed by atoms with E-state index in [0.717, 1.165) is 12.8 Å². The van der Waals surface area contributed by atoms with E-state index in [4.69, 9.17) is 9.47 Å². The highest BCUT2D eigenvalue weighted by Crippen LogP contribution is 2.30. The Morgan fingerprint density at radius 2 is 1.50 bits per heavy atom. The molecule has 2 atom stereocenters. The van der Waals surface area contributed by atoms with Gasteiger partial charge >= 0.3 is 0 Å². The summed E-state index contributed by atoms with van der Waals surface area (Å²) in [6.07, 6.45) is 2.57. The molecule has 0 aromatic heterocycles. The summed E-state index contributed by atoms with van der Waals surface area (Å²) in [4.78, 5) is 12.8. The molecule has 2 N–H and O–H groups in total. The van der Waals surface area contributed by atoms with Crippen LogP contribution in [0.15, 0.2) is 89.8 Å². The van der Waals surface area contributed by atoms with Gasteiger partial charge in [-0.15, -0.1) is 0 Å². The summed E-state index contributed by atoms with van der Waals surface area (Å²) in [5.41, 5.74) is 2.85. The fraction of sp³-hybridized carbons (Fsp3) is 0.321. The standard InChI is InChI=1S/C28H33NO6S/c1-34-23-16-18-25(19-17-23)36(32,33)27(15-9-8-12-22-10-4-2-5-11-22)26(28(30)29-31)20-21-35-24-13-6-3-7-14-24/h2-7,10-11,13-14,16-19,26-27,31H,8-9,12,15,20-21H2,1H3,(H,29,30). The van der Waals surface area contributed by atoms with Crippen molar-refractivity contribution in [3.05, 3.63) is 90.5 Å². The van der Waals surface area contributed by atoms with E-state index in [1.54, 1.807) is 29.7 Å². The van der Waals surface area contributed by atoms with Crippen molar-refractivity contribution in [2.75, 3.05) is 13.7 Å². The van der Waals surface area contributed by atoms with Gasteiger partial charge in [0, 0.05) is 0 Å². The maximum atomic E-state index is 13.7. The second kappa shape index (κ2) is 13.7. The number of hydrogen-bond donors (Lipinski definition) is 2. The van der Waals surface area contributed by atoms with Crippen molar-refractivity contribution in [2.45, 2.75) is 42.2 Å². The van der Waals surface area contributed by atoms with Gasteiger partial charge in [0.05, 0.1) is 29.8 Å². The Kier molecular flexibility index (Phi) is 10.3. The summed E-state index contributed by atoms with van der Waals surface area (Å²) in [5, 5.41) is 8.41. The highest BCUT2D eigenvalue weighted by atomic mass is 32.2. The molecule has 3 rings (SSSR count). The van der Waals surface area contributed by atoms with E-state index < -0.39 is 26.9 Å². The van der Waals surface area contributed by atoms with Gasteiger partial charge in [0.1, 0.15) is 11.5 Å². The third-order valence-corrected chi connectivity index (χ3v) is 8.46. The van der Waals surface area contributed by atoms with E-state index in [2.05, 4.69) is 0 Å². The molecular weight excluding hydrogens is 478 g/mol. The van der Waals surface area contributed by atoms with Gasteiger partial charge in [-0.3, -0.25) is 10.0 Å². The molecule has 0 heterocycles. The van der Waals surface area contributed by atoms with Crippen LogP contribution in [0.1, 0.15) is 31.2 Å². The normalized spacial score (nSPS) is 12.9. The summed E-state index contributed by atoms with van der Waals surface area (Å²) in [6.45, 7) is 0.126. The zero-order valence-corrected chi connectivity index (χ0v) is 21.2. The van der Waals surface area contributed by atoms with Crippen LogP contribution in [0.25, 0.3) is 0 Å². The summed E-state index contributed by atoms with van der Waals surface area (Å²) in [6, 6.07) is 25.2. The summed E-state index contributed by atoms with van der Waals surface area (Å²) in [5.74, 6) is -0.577. The van der Waals surface area contributed by atoms with E-state index in [-0.39, 0.29) is 24.3 Å². The number of carbonyl (C=O) groups excluding carboxylic acids is 1. The number of aryl methyl sites for hydroxylation is 1. The Labute approximate surface area is 213 Å². The zero-order chi connectivity index (χ0) is 25.8. The van der Waals surface area contributed by atoms with E-state index in [0.29, 0.717) is 17.9 Å². The molecule has 0 aliphatic heterocycles. The van der Waals surface area contributed by atoms with Gasteiger partial charge in [-0.25, -0.2) is 13.9 Å². The number of amides is 1. The smallest absolute Gasteiger partial charge is 0.247 e. The molecule has 0 fully saturated rings. The van der Waals surface area contributed by atoms with Crippen molar-refractivity contribution < 1.29 is 27.9 Å². The SMILES string of the molecule is COc1ccc(S(=O)(=O)C(CCCCc2ccccc2)C(CCOc2ccccc2)C(=O)NO)cc1. The van der Waals surface area contributed by atoms with Crippen molar-refractivity contribution in [3.8, 4) is 11.5 Å². The average Bonchev–Trinajstić information content (AvgIpc) is 2.92. The fourth-order valence-corrected chi connectivity index (χ4v) is 6.26. The van der Waals surface area contributed by atoms with Crippen molar-refractivity contribution in [1.29, 1.82) is 0 Å². The Morgan fingerprint density at radius 3 is 2.11 bits per heavy atom. The van der Waals surface area contributed by atoms with Gasteiger partial charge in [0.2, 0.25) is 5.91 Å². The summed E-state index contributed by atoms with van der Waals surface area (Å²) in [7, 11) is -2.40. The predicted molar refractivity (Wildman–Crippen MR) is 138 cm³/mol. The highest BCUT2D eigenvalue weighted by Gasteiger charge is 2.38. The summed E-state index contributed by atoms with van der Waals surface area (Å²) >= 11 is 0. The van der Waals surface area contributed by atoms with Crippen LogP contribution >= 0.6 is 0 Å². The number of benzene rings is 3. The number of hydrogen-bond acceptors (Lipinski definition) is 6. The molecule has 0 aliphatic carbocycles. The van der Waals surface area contributed by atoms with Crippen LogP contribution in [0, 0.1) is 5.92 Å². The van der Waals surface area contributed by atoms with Crippen molar-refractivity contribution in [1.82, 2.24) is 5.48 Å². The molecule has 0 spiro atoms. The van der Waals surface area contributed by atoms with E-state index in [9.17, 15) is 18.4 Å². The molecule has 3 aromatic rings. The molecule has 3 aromatic carbocycles. The predicted octanol–water partition coefficient (Wildman–Crippen LogP) is 4.84. The lowest BCUT2D eigenvalue weighted by atomic mass is 9.95. The van der Waals surface area contributed by atoms with Gasteiger partial charge in [-0.1, -0.05) is 55.0 Å². The lowest BCUT2D eigenvalue weighted by molar-refractivity contribution is -0.134. The van der Waals surface area contributed by atoms with Crippen LogP contribution in [-0.4, -0.2) is 38.5 Å². The second-order valence-corrected chi connectivity index (χ2v) is 10.7. The van der Waals surface area contributed by atoms with Crippen LogP contribution in [0.2, 0.25) is 0 Å².